The lowest BCUT2D eigenvalue weighted by atomic mass is 9.53. The number of rotatable bonds is 8. The Morgan fingerprint density at radius 3 is 2.12 bits per heavy atom. The molecular formula is C24H30N2O5S. The Kier molecular flexibility index (Phi) is 6.88. The summed E-state index contributed by atoms with van der Waals surface area (Å²) in [6.45, 7) is -0.538. The van der Waals surface area contributed by atoms with E-state index in [1.165, 1.54) is 19.3 Å². The van der Waals surface area contributed by atoms with E-state index in [1.807, 2.05) is 18.4 Å². The first-order valence-electron chi connectivity index (χ1n) is 11.3. The summed E-state index contributed by atoms with van der Waals surface area (Å²) in [7, 11) is 0. The molecule has 0 unspecified atom stereocenters. The van der Waals surface area contributed by atoms with Crippen molar-refractivity contribution in [2.75, 3.05) is 12.9 Å². The van der Waals surface area contributed by atoms with E-state index in [-0.39, 0.29) is 24.2 Å². The number of thioether (sulfide) groups is 1. The van der Waals surface area contributed by atoms with Crippen LogP contribution >= 0.6 is 11.8 Å². The third kappa shape index (κ3) is 5.52. The van der Waals surface area contributed by atoms with E-state index < -0.39 is 24.5 Å². The fourth-order valence-electron chi connectivity index (χ4n) is 6.05. The SMILES string of the molecule is CSc1ccc(C(=O)CCC(=O)OCC(=O)NC(=O)NC23CC4CC(CC(C4)C2)C3)cc1. The van der Waals surface area contributed by atoms with E-state index in [4.69, 9.17) is 4.74 Å². The van der Waals surface area contributed by atoms with Gasteiger partial charge >= 0.3 is 12.0 Å². The normalized spacial score (nSPS) is 27.6. The lowest BCUT2D eigenvalue weighted by Crippen LogP contribution is -2.62. The fourth-order valence-corrected chi connectivity index (χ4v) is 6.46. The maximum atomic E-state index is 12.4. The number of urea groups is 1. The van der Waals surface area contributed by atoms with Crippen LogP contribution in [0.2, 0.25) is 0 Å². The van der Waals surface area contributed by atoms with Gasteiger partial charge in [0.2, 0.25) is 0 Å². The molecule has 4 aliphatic carbocycles. The molecule has 4 bridgehead atoms. The molecule has 0 atom stereocenters. The van der Waals surface area contributed by atoms with Crippen LogP contribution in [0.4, 0.5) is 4.79 Å². The monoisotopic (exact) mass is 458 g/mol. The topological polar surface area (TPSA) is 102 Å². The van der Waals surface area contributed by atoms with Crippen LogP contribution < -0.4 is 10.6 Å². The first kappa shape index (κ1) is 22.8. The van der Waals surface area contributed by atoms with Crippen LogP contribution in [-0.4, -0.2) is 42.1 Å². The van der Waals surface area contributed by atoms with Gasteiger partial charge in [-0.3, -0.25) is 19.7 Å². The second kappa shape index (κ2) is 9.65. The summed E-state index contributed by atoms with van der Waals surface area (Å²) in [5.74, 6) is 0.586. The van der Waals surface area contributed by atoms with Gasteiger partial charge in [0.1, 0.15) is 0 Å². The van der Waals surface area contributed by atoms with E-state index in [1.54, 1.807) is 23.9 Å². The van der Waals surface area contributed by atoms with Crippen molar-refractivity contribution in [1.29, 1.82) is 0 Å². The lowest BCUT2D eigenvalue weighted by molar-refractivity contribution is -0.148. The highest BCUT2D eigenvalue weighted by atomic mass is 32.2. The number of amides is 3. The molecule has 172 valence electrons. The van der Waals surface area contributed by atoms with Crippen molar-refractivity contribution in [2.45, 2.75) is 61.8 Å². The minimum Gasteiger partial charge on any atom is -0.456 e. The Morgan fingerprint density at radius 1 is 0.969 bits per heavy atom. The predicted octanol–water partition coefficient (Wildman–Crippen LogP) is 3.71. The molecule has 4 aliphatic rings. The number of hydrogen-bond acceptors (Lipinski definition) is 6. The zero-order chi connectivity index (χ0) is 22.7. The standard InChI is InChI=1S/C24H30N2O5S/c1-32-19-4-2-18(3-5-19)20(27)6-7-22(29)31-14-21(28)25-23(30)26-24-11-15-8-16(12-24)10-17(9-15)13-24/h2-5,15-17H,6-14H2,1H3,(H2,25,26,28,30). The lowest BCUT2D eigenvalue weighted by Gasteiger charge is -2.56. The molecule has 0 spiro atoms. The number of Topliss-reactive ketones (excluding diaryl/α,β-unsaturated/α-hetero) is 1. The zero-order valence-electron chi connectivity index (χ0n) is 18.4. The predicted molar refractivity (Wildman–Crippen MR) is 120 cm³/mol. The molecular weight excluding hydrogens is 428 g/mol. The molecule has 8 heteroatoms. The van der Waals surface area contributed by atoms with Crippen molar-refractivity contribution >= 4 is 35.5 Å². The van der Waals surface area contributed by atoms with Crippen LogP contribution in [0.25, 0.3) is 0 Å². The average molecular weight is 459 g/mol. The number of nitrogens with one attached hydrogen (secondary N) is 2. The van der Waals surface area contributed by atoms with E-state index in [0.717, 1.165) is 24.2 Å². The quantitative estimate of drug-likeness (QED) is 0.350. The van der Waals surface area contributed by atoms with E-state index >= 15 is 0 Å². The summed E-state index contributed by atoms with van der Waals surface area (Å²) < 4.78 is 4.93. The maximum absolute atomic E-state index is 12.4. The van der Waals surface area contributed by atoms with E-state index in [0.29, 0.717) is 23.3 Å². The molecule has 7 nitrogen and oxygen atoms in total. The Morgan fingerprint density at radius 2 is 1.56 bits per heavy atom. The molecule has 0 aliphatic heterocycles. The van der Waals surface area contributed by atoms with Crippen molar-refractivity contribution in [3.8, 4) is 0 Å². The third-order valence-electron chi connectivity index (χ3n) is 7.00. The Balaban J connectivity index is 1.15. The Bertz CT molecular complexity index is 863. The van der Waals surface area contributed by atoms with Crippen molar-refractivity contribution < 1.29 is 23.9 Å². The summed E-state index contributed by atoms with van der Waals surface area (Å²) in [6.07, 6.45) is 8.61. The molecule has 4 fully saturated rings. The Hall–Kier alpha value is -2.35. The molecule has 32 heavy (non-hydrogen) atoms. The van der Waals surface area contributed by atoms with Gasteiger partial charge in [0.25, 0.3) is 5.91 Å². The van der Waals surface area contributed by atoms with Crippen molar-refractivity contribution in [3.05, 3.63) is 29.8 Å². The molecule has 0 radical (unpaired) electrons. The van der Waals surface area contributed by atoms with E-state index in [2.05, 4.69) is 10.6 Å². The van der Waals surface area contributed by atoms with Crippen LogP contribution in [0.3, 0.4) is 0 Å². The molecule has 0 heterocycles. The van der Waals surface area contributed by atoms with Gasteiger partial charge in [0.05, 0.1) is 6.42 Å². The second-order valence-corrected chi connectivity index (χ2v) is 10.4. The molecule has 2 N–H and O–H groups in total. The average Bonchev–Trinajstić information content (AvgIpc) is 2.74. The summed E-state index contributed by atoms with van der Waals surface area (Å²) in [5, 5.41) is 5.33. The highest BCUT2D eigenvalue weighted by Gasteiger charge is 2.51. The van der Waals surface area contributed by atoms with Gasteiger partial charge < -0.3 is 10.1 Å². The number of carbonyl (C=O) groups excluding carboxylic acids is 4. The van der Waals surface area contributed by atoms with Gasteiger partial charge in [0.15, 0.2) is 12.4 Å². The molecule has 5 rings (SSSR count). The van der Waals surface area contributed by atoms with Gasteiger partial charge in [-0.15, -0.1) is 11.8 Å². The molecule has 1 aromatic rings. The van der Waals surface area contributed by atoms with Crippen LogP contribution in [0.1, 0.15) is 61.7 Å². The zero-order valence-corrected chi connectivity index (χ0v) is 19.2. The number of imide groups is 1. The van der Waals surface area contributed by atoms with Gasteiger partial charge in [-0.1, -0.05) is 12.1 Å². The highest BCUT2D eigenvalue weighted by molar-refractivity contribution is 7.98. The van der Waals surface area contributed by atoms with Crippen LogP contribution in [0, 0.1) is 17.8 Å². The van der Waals surface area contributed by atoms with Gasteiger partial charge in [-0.25, -0.2) is 4.79 Å². The number of esters is 1. The number of carbonyl (C=O) groups is 4. The molecule has 1 aromatic carbocycles. The molecule has 4 saturated carbocycles. The fraction of sp³-hybridized carbons (Fsp3) is 0.583. The van der Waals surface area contributed by atoms with Gasteiger partial charge in [0, 0.05) is 22.4 Å². The van der Waals surface area contributed by atoms with Crippen molar-refractivity contribution in [1.82, 2.24) is 10.6 Å². The second-order valence-electron chi connectivity index (χ2n) is 9.51. The first-order chi connectivity index (χ1) is 15.3. The largest absolute Gasteiger partial charge is 0.456 e. The third-order valence-corrected chi connectivity index (χ3v) is 7.75. The molecule has 3 amide bonds. The number of hydrogen-bond donors (Lipinski definition) is 2. The molecule has 0 aromatic heterocycles. The van der Waals surface area contributed by atoms with Crippen LogP contribution in [0.5, 0.6) is 0 Å². The smallest absolute Gasteiger partial charge is 0.321 e. The maximum Gasteiger partial charge on any atom is 0.321 e. The molecule has 0 saturated heterocycles. The highest BCUT2D eigenvalue weighted by Crippen LogP contribution is 2.55. The van der Waals surface area contributed by atoms with Crippen molar-refractivity contribution in [3.63, 3.8) is 0 Å². The van der Waals surface area contributed by atoms with Gasteiger partial charge in [-0.05, 0) is 74.7 Å². The summed E-state index contributed by atoms with van der Waals surface area (Å²) >= 11 is 1.58. The Labute approximate surface area is 192 Å². The minimum absolute atomic E-state index is 0.00553. The first-order valence-corrected chi connectivity index (χ1v) is 12.5. The van der Waals surface area contributed by atoms with Crippen LogP contribution in [-0.2, 0) is 14.3 Å². The summed E-state index contributed by atoms with van der Waals surface area (Å²) in [5.41, 5.74) is 0.346. The minimum atomic E-state index is -0.667. The number of ether oxygens (including phenoxy) is 1. The summed E-state index contributed by atoms with van der Waals surface area (Å²) in [6, 6.07) is 6.66. The van der Waals surface area contributed by atoms with Crippen LogP contribution in [0.15, 0.2) is 29.2 Å². The van der Waals surface area contributed by atoms with Crippen molar-refractivity contribution in [2.24, 2.45) is 17.8 Å². The number of ketones is 1. The summed E-state index contributed by atoms with van der Waals surface area (Å²) in [4.78, 5) is 49.6. The van der Waals surface area contributed by atoms with E-state index in [9.17, 15) is 19.2 Å². The van der Waals surface area contributed by atoms with Gasteiger partial charge in [-0.2, -0.15) is 0 Å². The number of benzene rings is 1.